The number of hydrogen-bond donors (Lipinski definition) is 1. The molecule has 1 N–H and O–H groups in total. The fourth-order valence-electron chi connectivity index (χ4n) is 3.73. The summed E-state index contributed by atoms with van der Waals surface area (Å²) < 4.78 is 0. The molecule has 2 aliphatic rings. The van der Waals surface area contributed by atoms with Crippen LogP contribution in [0.25, 0.3) is 0 Å². The summed E-state index contributed by atoms with van der Waals surface area (Å²) in [5.41, 5.74) is 2.82. The van der Waals surface area contributed by atoms with E-state index in [9.17, 15) is 5.11 Å². The van der Waals surface area contributed by atoms with Crippen molar-refractivity contribution in [3.05, 3.63) is 35.4 Å². The Labute approximate surface area is 103 Å². The highest BCUT2D eigenvalue weighted by Gasteiger charge is 2.42. The maximum absolute atomic E-state index is 10.5. The third kappa shape index (κ3) is 1.71. The molecule has 1 saturated heterocycles. The number of aliphatic hydroxyl groups excluding tert-OH is 1. The van der Waals surface area contributed by atoms with E-state index in [-0.39, 0.29) is 6.10 Å². The van der Waals surface area contributed by atoms with Gasteiger partial charge in [0.1, 0.15) is 0 Å². The van der Waals surface area contributed by atoms with Crippen LogP contribution in [0.1, 0.15) is 30.4 Å². The van der Waals surface area contributed by atoms with Gasteiger partial charge >= 0.3 is 0 Å². The van der Waals surface area contributed by atoms with Gasteiger partial charge in [0.15, 0.2) is 0 Å². The lowest BCUT2D eigenvalue weighted by molar-refractivity contribution is -0.0165. The van der Waals surface area contributed by atoms with E-state index in [0.29, 0.717) is 17.9 Å². The Kier molecular flexibility index (Phi) is 2.72. The zero-order chi connectivity index (χ0) is 12.0. The molecule has 0 spiro atoms. The minimum atomic E-state index is -0.183. The van der Waals surface area contributed by atoms with Gasteiger partial charge < -0.3 is 10.0 Å². The lowest BCUT2D eigenvalue weighted by atomic mass is 9.70. The zero-order valence-corrected chi connectivity index (χ0v) is 10.6. The first-order valence-corrected chi connectivity index (χ1v) is 6.64. The minimum absolute atomic E-state index is 0.183. The van der Waals surface area contributed by atoms with Crippen LogP contribution in [0, 0.1) is 5.92 Å². The maximum Gasteiger partial charge on any atom is 0.0661 e. The van der Waals surface area contributed by atoms with Gasteiger partial charge in [0, 0.05) is 18.5 Å². The summed E-state index contributed by atoms with van der Waals surface area (Å²) in [4.78, 5) is 2.44. The molecule has 17 heavy (non-hydrogen) atoms. The van der Waals surface area contributed by atoms with Crippen molar-refractivity contribution >= 4 is 0 Å². The number of rotatable bonds is 0. The Hall–Kier alpha value is -0.860. The summed E-state index contributed by atoms with van der Waals surface area (Å²) >= 11 is 0. The second kappa shape index (κ2) is 4.11. The average Bonchev–Trinajstić information content (AvgIpc) is 2.35. The monoisotopic (exact) mass is 231 g/mol. The molecule has 2 nitrogen and oxygen atoms in total. The van der Waals surface area contributed by atoms with Crippen molar-refractivity contribution in [3.8, 4) is 0 Å². The second-order valence-corrected chi connectivity index (χ2v) is 5.74. The summed E-state index contributed by atoms with van der Waals surface area (Å²) in [6.45, 7) is 3.18. The average molecular weight is 231 g/mol. The molecule has 4 atom stereocenters. The molecule has 0 radical (unpaired) electrons. The summed E-state index contributed by atoms with van der Waals surface area (Å²) in [5, 5.41) is 10.5. The lowest BCUT2D eigenvalue weighted by Crippen LogP contribution is -2.53. The normalized spacial score (nSPS) is 37.4. The molecule has 1 aromatic carbocycles. The molecule has 0 unspecified atom stereocenters. The van der Waals surface area contributed by atoms with Crippen molar-refractivity contribution < 1.29 is 5.11 Å². The number of nitrogens with zero attached hydrogens (tertiary/aromatic N) is 1. The van der Waals surface area contributed by atoms with Crippen molar-refractivity contribution in [1.82, 2.24) is 4.90 Å². The summed E-state index contributed by atoms with van der Waals surface area (Å²) in [6.07, 6.45) is 2.16. The van der Waals surface area contributed by atoms with E-state index < -0.39 is 0 Å². The Morgan fingerprint density at radius 3 is 2.88 bits per heavy atom. The highest BCUT2D eigenvalue weighted by molar-refractivity contribution is 5.36. The number of benzene rings is 1. The van der Waals surface area contributed by atoms with Gasteiger partial charge in [0.2, 0.25) is 0 Å². The number of fused-ring (bicyclic) bond motifs is 3. The molecular formula is C15H21NO. The summed E-state index contributed by atoms with van der Waals surface area (Å²) in [6, 6.07) is 9.17. The highest BCUT2D eigenvalue weighted by Crippen LogP contribution is 2.41. The molecule has 0 saturated carbocycles. The number of aliphatic hydroxyl groups is 1. The Bertz CT molecular complexity index is 417. The van der Waals surface area contributed by atoms with Crippen LogP contribution in [0.4, 0.5) is 0 Å². The van der Waals surface area contributed by atoms with E-state index in [2.05, 4.69) is 43.1 Å². The van der Waals surface area contributed by atoms with Crippen molar-refractivity contribution in [3.63, 3.8) is 0 Å². The van der Waals surface area contributed by atoms with E-state index in [1.165, 1.54) is 17.5 Å². The molecule has 1 aliphatic carbocycles. The summed E-state index contributed by atoms with van der Waals surface area (Å²) in [5.74, 6) is 0.682. The standard InChI is InChI=1S/C15H21NO/c1-10-9-16(2)13-8-7-11-5-3-4-6-12(11)14(13)15(10)17/h3-6,10,13-15,17H,7-9H2,1-2H3/t10-,13-,14-,15-/m1/s1. The van der Waals surface area contributed by atoms with Crippen molar-refractivity contribution in [2.24, 2.45) is 5.92 Å². The predicted octanol–water partition coefficient (Wildman–Crippen LogP) is 2.03. The zero-order valence-electron chi connectivity index (χ0n) is 10.6. The number of hydrogen-bond acceptors (Lipinski definition) is 2. The molecule has 0 bridgehead atoms. The van der Waals surface area contributed by atoms with Crippen molar-refractivity contribution in [2.75, 3.05) is 13.6 Å². The molecular weight excluding hydrogens is 210 g/mol. The third-order valence-electron chi connectivity index (χ3n) is 4.63. The van der Waals surface area contributed by atoms with Crippen LogP contribution >= 0.6 is 0 Å². The third-order valence-corrected chi connectivity index (χ3v) is 4.63. The Balaban J connectivity index is 2.03. The molecule has 2 heteroatoms. The Morgan fingerprint density at radius 1 is 1.29 bits per heavy atom. The second-order valence-electron chi connectivity index (χ2n) is 5.74. The van der Waals surface area contributed by atoms with Gasteiger partial charge in [-0.15, -0.1) is 0 Å². The van der Waals surface area contributed by atoms with Gasteiger partial charge in [-0.25, -0.2) is 0 Å². The quantitative estimate of drug-likeness (QED) is 0.738. The summed E-state index contributed by atoms with van der Waals surface area (Å²) in [7, 11) is 2.20. The number of likely N-dealkylation sites (N-methyl/N-ethyl adjacent to an activating group) is 1. The predicted molar refractivity (Wildman–Crippen MR) is 69.1 cm³/mol. The fourth-order valence-corrected chi connectivity index (χ4v) is 3.73. The lowest BCUT2D eigenvalue weighted by Gasteiger charge is -2.48. The molecule has 0 amide bonds. The van der Waals surface area contributed by atoms with Gasteiger partial charge in [0.05, 0.1) is 6.10 Å². The number of likely N-dealkylation sites (tertiary alicyclic amines) is 1. The van der Waals surface area contributed by atoms with E-state index in [1.54, 1.807) is 0 Å². The molecule has 0 aromatic heterocycles. The van der Waals surface area contributed by atoms with Gasteiger partial charge in [-0.1, -0.05) is 31.2 Å². The van der Waals surface area contributed by atoms with Gasteiger partial charge in [-0.05, 0) is 36.9 Å². The van der Waals surface area contributed by atoms with Crippen LogP contribution in [0.5, 0.6) is 0 Å². The SMILES string of the molecule is C[C@@H]1CN(C)[C@@H]2CCc3ccccc3[C@H]2[C@@H]1O. The molecule has 1 aromatic rings. The van der Waals surface area contributed by atoms with E-state index in [4.69, 9.17) is 0 Å². The topological polar surface area (TPSA) is 23.5 Å². The van der Waals surface area contributed by atoms with Crippen LogP contribution in [0.15, 0.2) is 24.3 Å². The number of aryl methyl sites for hydroxylation is 1. The van der Waals surface area contributed by atoms with Gasteiger partial charge in [-0.2, -0.15) is 0 Å². The smallest absolute Gasteiger partial charge is 0.0661 e. The van der Waals surface area contributed by atoms with Crippen LogP contribution < -0.4 is 0 Å². The minimum Gasteiger partial charge on any atom is -0.392 e. The van der Waals surface area contributed by atoms with Crippen molar-refractivity contribution in [1.29, 1.82) is 0 Å². The van der Waals surface area contributed by atoms with E-state index >= 15 is 0 Å². The van der Waals surface area contributed by atoms with Crippen LogP contribution in [0.3, 0.4) is 0 Å². The van der Waals surface area contributed by atoms with E-state index in [1.807, 2.05) is 0 Å². The van der Waals surface area contributed by atoms with Crippen LogP contribution in [-0.2, 0) is 6.42 Å². The first kappa shape index (κ1) is 11.2. The Morgan fingerprint density at radius 2 is 2.06 bits per heavy atom. The first-order chi connectivity index (χ1) is 8.18. The first-order valence-electron chi connectivity index (χ1n) is 6.64. The molecule has 1 heterocycles. The highest BCUT2D eigenvalue weighted by atomic mass is 16.3. The van der Waals surface area contributed by atoms with Crippen molar-refractivity contribution in [2.45, 2.75) is 37.8 Å². The fraction of sp³-hybridized carbons (Fsp3) is 0.600. The largest absolute Gasteiger partial charge is 0.392 e. The molecule has 3 rings (SSSR count). The van der Waals surface area contributed by atoms with Gasteiger partial charge in [-0.3, -0.25) is 0 Å². The molecule has 92 valence electrons. The van der Waals surface area contributed by atoms with E-state index in [0.717, 1.165) is 13.0 Å². The molecule has 1 fully saturated rings. The molecule has 1 aliphatic heterocycles. The van der Waals surface area contributed by atoms with Gasteiger partial charge in [0.25, 0.3) is 0 Å². The van der Waals surface area contributed by atoms with Crippen LogP contribution in [0.2, 0.25) is 0 Å². The maximum atomic E-state index is 10.5. The van der Waals surface area contributed by atoms with Crippen LogP contribution in [-0.4, -0.2) is 35.7 Å². The number of piperidine rings is 1.